The van der Waals surface area contributed by atoms with E-state index in [1.165, 1.54) is 0 Å². The number of benzene rings is 3. The second-order valence-electron chi connectivity index (χ2n) is 6.41. The molecule has 0 aliphatic carbocycles. The summed E-state index contributed by atoms with van der Waals surface area (Å²) in [7, 11) is 0. The Labute approximate surface area is 165 Å². The molecule has 2 aromatic heterocycles. The summed E-state index contributed by atoms with van der Waals surface area (Å²) >= 11 is 0. The van der Waals surface area contributed by atoms with Crippen LogP contribution in [0, 0.1) is 6.85 Å². The molecule has 5 rings (SSSR count). The molecule has 0 saturated carbocycles. The molecule has 0 aliphatic rings. The summed E-state index contributed by atoms with van der Waals surface area (Å²) in [5.74, 6) is 0. The molecule has 0 amide bonds. The van der Waals surface area contributed by atoms with Gasteiger partial charge in [-0.3, -0.25) is 0 Å². The molecule has 0 fully saturated rings. The van der Waals surface area contributed by atoms with Crippen LogP contribution in [-0.2, 0) is 6.37 Å². The van der Waals surface area contributed by atoms with Crippen LogP contribution in [0.1, 0.15) is 23.7 Å². The summed E-state index contributed by atoms with van der Waals surface area (Å²) in [5, 5.41) is 1.62. The molecular weight excluding hydrogens is 330 g/mol. The Balaban J connectivity index is 1.67. The van der Waals surface area contributed by atoms with Crippen molar-refractivity contribution in [1.29, 1.82) is 0 Å². The van der Waals surface area contributed by atoms with Gasteiger partial charge in [-0.15, -0.1) is 0 Å². The second-order valence-corrected chi connectivity index (χ2v) is 6.41. The minimum Gasteiger partial charge on any atom is -0.437 e. The first-order chi connectivity index (χ1) is 15.2. The summed E-state index contributed by atoms with van der Waals surface area (Å²) in [5.41, 5.74) is 3.49. The third-order valence-corrected chi connectivity index (χ3v) is 4.58. The van der Waals surface area contributed by atoms with Crippen molar-refractivity contribution in [2.75, 3.05) is 0 Å². The van der Waals surface area contributed by atoms with E-state index in [-0.39, 0.29) is 11.3 Å². The lowest BCUT2D eigenvalue weighted by atomic mass is 10.0. The van der Waals surface area contributed by atoms with E-state index in [1.807, 2.05) is 36.4 Å². The van der Waals surface area contributed by atoms with E-state index in [0.717, 1.165) is 21.9 Å². The van der Waals surface area contributed by atoms with Crippen molar-refractivity contribution in [3.05, 3.63) is 102 Å². The topological polar surface area (TPSA) is 26.0 Å². The summed E-state index contributed by atoms with van der Waals surface area (Å²) in [6.45, 7) is -2.20. The van der Waals surface area contributed by atoms with Crippen LogP contribution in [-0.4, -0.2) is 4.98 Å². The van der Waals surface area contributed by atoms with Crippen LogP contribution in [0.3, 0.4) is 0 Å². The number of pyridine rings is 1. The number of hydrogen-bond donors (Lipinski definition) is 0. The first kappa shape index (κ1) is 11.3. The highest BCUT2D eigenvalue weighted by Gasteiger charge is 2.13. The van der Waals surface area contributed by atoms with Crippen LogP contribution in [0.5, 0.6) is 0 Å². The summed E-state index contributed by atoms with van der Waals surface area (Å²) in [4.78, 5) is 4.52. The normalized spacial score (nSPS) is 15.0. The van der Waals surface area contributed by atoms with Crippen molar-refractivity contribution in [2.24, 2.45) is 0 Å². The van der Waals surface area contributed by atoms with Gasteiger partial charge in [0.1, 0.15) is 5.58 Å². The molecule has 0 aliphatic heterocycles. The van der Waals surface area contributed by atoms with Gasteiger partial charge >= 0.3 is 0 Å². The van der Waals surface area contributed by atoms with Gasteiger partial charge in [0, 0.05) is 35.3 Å². The number of aryl methyl sites for hydroxylation is 1. The van der Waals surface area contributed by atoms with E-state index in [1.54, 1.807) is 48.5 Å². The Morgan fingerprint density at radius 3 is 2.67 bits per heavy atom. The number of rotatable bonds is 3. The average Bonchev–Trinajstić information content (AvgIpc) is 3.17. The number of fused-ring (bicyclic) bond motifs is 3. The molecular formula is C25H19NO. The van der Waals surface area contributed by atoms with E-state index in [2.05, 4.69) is 4.98 Å². The Bertz CT molecular complexity index is 1440. The fourth-order valence-corrected chi connectivity index (χ4v) is 3.33. The number of hydrogen-bond acceptors (Lipinski definition) is 2. The zero-order valence-corrected chi connectivity index (χ0v) is 14.4. The Morgan fingerprint density at radius 1 is 0.889 bits per heavy atom. The SMILES string of the molecule is [2H]C([2H])([2H])c1cccc(-c2cccc3c2oc2nc(C([2H])([2H])c4ccccc4)ccc23)c1. The van der Waals surface area contributed by atoms with E-state index in [9.17, 15) is 0 Å². The van der Waals surface area contributed by atoms with Gasteiger partial charge in [0.25, 0.3) is 0 Å². The van der Waals surface area contributed by atoms with Gasteiger partial charge in [-0.2, -0.15) is 0 Å². The average molecular weight is 354 g/mol. The van der Waals surface area contributed by atoms with Gasteiger partial charge in [0.05, 0.1) is 0 Å². The van der Waals surface area contributed by atoms with Crippen LogP contribution in [0.4, 0.5) is 0 Å². The molecule has 0 spiro atoms. The van der Waals surface area contributed by atoms with Crippen LogP contribution >= 0.6 is 0 Å². The lowest BCUT2D eigenvalue weighted by Gasteiger charge is -2.03. The fourth-order valence-electron chi connectivity index (χ4n) is 3.33. The van der Waals surface area contributed by atoms with E-state index in [0.29, 0.717) is 16.9 Å². The maximum absolute atomic E-state index is 8.59. The standard InChI is InChI=1S/C25H19NO/c1-17-7-5-10-19(15-17)21-11-6-12-22-23-14-13-20(26-25(23)27-24(21)22)16-18-8-3-2-4-9-18/h2-15H,16H2,1H3/i1D3,16D2. The molecule has 0 atom stereocenters. The Hall–Kier alpha value is -3.39. The monoisotopic (exact) mass is 354 g/mol. The number of para-hydroxylation sites is 1. The molecule has 5 aromatic rings. The van der Waals surface area contributed by atoms with Crippen molar-refractivity contribution in [1.82, 2.24) is 4.98 Å². The van der Waals surface area contributed by atoms with E-state index < -0.39 is 13.2 Å². The van der Waals surface area contributed by atoms with Crippen LogP contribution in [0.15, 0.2) is 89.3 Å². The Morgan fingerprint density at radius 2 is 1.78 bits per heavy atom. The smallest absolute Gasteiger partial charge is 0.227 e. The molecule has 2 nitrogen and oxygen atoms in total. The second kappa shape index (κ2) is 6.40. The molecule has 2 heteroatoms. The minimum atomic E-state index is -2.20. The van der Waals surface area contributed by atoms with Gasteiger partial charge in [-0.1, -0.05) is 78.4 Å². The molecule has 0 saturated heterocycles. The summed E-state index contributed by atoms with van der Waals surface area (Å²) in [6.07, 6.45) is -1.77. The van der Waals surface area contributed by atoms with Crippen molar-refractivity contribution in [3.8, 4) is 11.1 Å². The zero-order valence-electron chi connectivity index (χ0n) is 19.4. The molecule has 0 radical (unpaired) electrons. The maximum Gasteiger partial charge on any atom is 0.227 e. The van der Waals surface area contributed by atoms with Gasteiger partial charge in [-0.05, 0) is 30.1 Å². The van der Waals surface area contributed by atoms with Crippen molar-refractivity contribution in [2.45, 2.75) is 13.2 Å². The molecule has 2 heterocycles. The highest BCUT2D eigenvalue weighted by Crippen LogP contribution is 2.35. The molecule has 0 bridgehead atoms. The third kappa shape index (κ3) is 2.89. The third-order valence-electron chi connectivity index (χ3n) is 4.58. The van der Waals surface area contributed by atoms with Crippen LogP contribution in [0.25, 0.3) is 33.2 Å². The lowest BCUT2D eigenvalue weighted by Crippen LogP contribution is -1.91. The molecule has 130 valence electrons. The summed E-state index contributed by atoms with van der Waals surface area (Å²) in [6, 6.07) is 25.0. The van der Waals surface area contributed by atoms with Gasteiger partial charge in [0.2, 0.25) is 5.71 Å². The zero-order chi connectivity index (χ0) is 22.5. The molecule has 27 heavy (non-hydrogen) atoms. The van der Waals surface area contributed by atoms with E-state index >= 15 is 0 Å². The number of nitrogens with zero attached hydrogens (tertiary/aromatic N) is 1. The predicted molar refractivity (Wildman–Crippen MR) is 111 cm³/mol. The fraction of sp³-hybridized carbons (Fsp3) is 0.0800. The predicted octanol–water partition coefficient (Wildman–Crippen LogP) is 6.55. The van der Waals surface area contributed by atoms with Crippen molar-refractivity contribution < 1.29 is 11.3 Å². The highest BCUT2D eigenvalue weighted by molar-refractivity contribution is 6.08. The lowest BCUT2D eigenvalue weighted by molar-refractivity contribution is 0.653. The largest absolute Gasteiger partial charge is 0.437 e. The van der Waals surface area contributed by atoms with Crippen molar-refractivity contribution in [3.63, 3.8) is 0 Å². The highest BCUT2D eigenvalue weighted by atomic mass is 16.3. The van der Waals surface area contributed by atoms with Crippen LogP contribution < -0.4 is 0 Å². The van der Waals surface area contributed by atoms with Gasteiger partial charge < -0.3 is 4.42 Å². The minimum absolute atomic E-state index is 0.264. The van der Waals surface area contributed by atoms with Gasteiger partial charge in [-0.25, -0.2) is 4.98 Å². The molecule has 0 N–H and O–H groups in total. The number of aromatic nitrogens is 1. The molecule has 0 unspecified atom stereocenters. The first-order valence-electron chi connectivity index (χ1n) is 11.2. The van der Waals surface area contributed by atoms with Gasteiger partial charge in [0.15, 0.2) is 0 Å². The number of furan rings is 1. The Kier molecular flexibility index (Phi) is 2.69. The maximum atomic E-state index is 8.59. The van der Waals surface area contributed by atoms with Crippen LogP contribution in [0.2, 0.25) is 0 Å². The quantitative estimate of drug-likeness (QED) is 0.367. The first-order valence-corrected chi connectivity index (χ1v) is 8.74. The van der Waals surface area contributed by atoms with E-state index in [4.69, 9.17) is 11.3 Å². The molecule has 3 aromatic carbocycles. The van der Waals surface area contributed by atoms with Crippen molar-refractivity contribution >= 4 is 22.1 Å². The summed E-state index contributed by atoms with van der Waals surface area (Å²) < 4.78 is 46.4.